The second kappa shape index (κ2) is 7.08. The molecule has 0 aliphatic heterocycles. The molecule has 6 heteroatoms. The molecule has 2 aromatic rings. The first-order valence-corrected chi connectivity index (χ1v) is 7.00. The zero-order valence-electron chi connectivity index (χ0n) is 11.1. The van der Waals surface area contributed by atoms with Crippen LogP contribution in [0, 0.1) is 11.2 Å². The Labute approximate surface area is 130 Å². The highest BCUT2D eigenvalue weighted by Gasteiger charge is 2.02. The fourth-order valence-electron chi connectivity index (χ4n) is 1.62. The number of hydrogen-bond donors (Lipinski definition) is 2. The topological polar surface area (TPSA) is 68.3 Å². The van der Waals surface area contributed by atoms with Crippen LogP contribution in [0.25, 0.3) is 0 Å². The summed E-state index contributed by atoms with van der Waals surface area (Å²) >= 11 is 3.08. The summed E-state index contributed by atoms with van der Waals surface area (Å²) in [5.41, 5.74) is 6.00. The molecule has 3 N–H and O–H groups in total. The zero-order chi connectivity index (χ0) is 15.2. The van der Waals surface area contributed by atoms with Crippen molar-refractivity contribution in [2.24, 2.45) is 5.73 Å². The summed E-state index contributed by atoms with van der Waals surface area (Å²) in [7, 11) is 0. The Hall–Kier alpha value is -2.08. The van der Waals surface area contributed by atoms with E-state index >= 15 is 0 Å². The van der Waals surface area contributed by atoms with Crippen LogP contribution in [0.5, 0.6) is 11.5 Å². The lowest BCUT2D eigenvalue weighted by Crippen LogP contribution is -2.11. The minimum atomic E-state index is -0.367. The molecule has 2 aromatic carbocycles. The minimum absolute atomic E-state index is 0.0159. The van der Waals surface area contributed by atoms with E-state index in [2.05, 4.69) is 15.9 Å². The molecule has 0 fully saturated rings. The van der Waals surface area contributed by atoms with E-state index in [-0.39, 0.29) is 11.7 Å². The summed E-state index contributed by atoms with van der Waals surface area (Å²) in [5.74, 6) is 0.757. The van der Waals surface area contributed by atoms with Crippen LogP contribution in [0.2, 0.25) is 0 Å². The highest BCUT2D eigenvalue weighted by atomic mass is 79.9. The van der Waals surface area contributed by atoms with Gasteiger partial charge in [-0.15, -0.1) is 0 Å². The van der Waals surface area contributed by atoms with Crippen molar-refractivity contribution in [3.05, 3.63) is 58.3 Å². The average Bonchev–Trinajstić information content (AvgIpc) is 2.47. The third-order valence-electron chi connectivity index (χ3n) is 2.68. The monoisotopic (exact) mass is 352 g/mol. The zero-order valence-corrected chi connectivity index (χ0v) is 12.7. The number of amidine groups is 1. The van der Waals surface area contributed by atoms with E-state index in [1.54, 1.807) is 36.4 Å². The molecule has 0 radical (unpaired) electrons. The van der Waals surface area contributed by atoms with Crippen molar-refractivity contribution in [3.8, 4) is 11.5 Å². The predicted octanol–water partition coefficient (Wildman–Crippen LogP) is 3.33. The van der Waals surface area contributed by atoms with Gasteiger partial charge in [-0.05, 0) is 52.3 Å². The summed E-state index contributed by atoms with van der Waals surface area (Å²) in [6, 6.07) is 11.5. The van der Waals surface area contributed by atoms with E-state index < -0.39 is 0 Å². The molecule has 0 atom stereocenters. The third-order valence-corrected chi connectivity index (χ3v) is 3.32. The lowest BCUT2D eigenvalue weighted by Gasteiger charge is -2.09. The SMILES string of the molecule is N=C(N)c1ccc(OCCOc2ccc(Br)c(F)c2)cc1. The summed E-state index contributed by atoms with van der Waals surface area (Å²) in [6.45, 7) is 0.632. The standard InChI is InChI=1S/C15H14BrFN2O2/c16-13-6-5-12(9-14(13)17)21-8-7-20-11-3-1-10(2-4-11)15(18)19/h1-6,9H,7-8H2,(H3,18,19). The number of nitrogens with two attached hydrogens (primary N) is 1. The van der Waals surface area contributed by atoms with Crippen LogP contribution < -0.4 is 15.2 Å². The molecule has 0 aliphatic rings. The summed E-state index contributed by atoms with van der Waals surface area (Å²) in [4.78, 5) is 0. The largest absolute Gasteiger partial charge is 0.490 e. The molecule has 0 amide bonds. The summed E-state index contributed by atoms with van der Waals surface area (Å²) in [6.07, 6.45) is 0. The predicted molar refractivity (Wildman–Crippen MR) is 82.5 cm³/mol. The Kier molecular flexibility index (Phi) is 5.16. The maximum atomic E-state index is 13.3. The molecule has 0 saturated carbocycles. The van der Waals surface area contributed by atoms with Crippen LogP contribution >= 0.6 is 15.9 Å². The number of hydrogen-bond acceptors (Lipinski definition) is 3. The van der Waals surface area contributed by atoms with Crippen molar-refractivity contribution in [1.82, 2.24) is 0 Å². The van der Waals surface area contributed by atoms with Crippen LogP contribution in [0.15, 0.2) is 46.9 Å². The normalized spacial score (nSPS) is 10.2. The van der Waals surface area contributed by atoms with Crippen molar-refractivity contribution in [3.63, 3.8) is 0 Å². The van der Waals surface area contributed by atoms with Crippen LogP contribution in [0.3, 0.4) is 0 Å². The molecule has 0 unspecified atom stereocenters. The van der Waals surface area contributed by atoms with Crippen molar-refractivity contribution >= 4 is 21.8 Å². The Morgan fingerprint density at radius 2 is 1.62 bits per heavy atom. The van der Waals surface area contributed by atoms with Crippen molar-refractivity contribution in [1.29, 1.82) is 5.41 Å². The molecule has 0 saturated heterocycles. The highest BCUT2D eigenvalue weighted by Crippen LogP contribution is 2.20. The van der Waals surface area contributed by atoms with Gasteiger partial charge in [0.25, 0.3) is 0 Å². The van der Waals surface area contributed by atoms with Gasteiger partial charge in [0.05, 0.1) is 4.47 Å². The average molecular weight is 353 g/mol. The molecular formula is C15H14BrFN2O2. The Balaban J connectivity index is 1.79. The van der Waals surface area contributed by atoms with Crippen molar-refractivity contribution in [2.45, 2.75) is 0 Å². The maximum absolute atomic E-state index is 13.3. The maximum Gasteiger partial charge on any atom is 0.141 e. The van der Waals surface area contributed by atoms with E-state index in [4.69, 9.17) is 20.6 Å². The number of benzene rings is 2. The molecule has 21 heavy (non-hydrogen) atoms. The van der Waals surface area contributed by atoms with Crippen LogP contribution in [0.1, 0.15) is 5.56 Å². The minimum Gasteiger partial charge on any atom is -0.490 e. The van der Waals surface area contributed by atoms with Gasteiger partial charge in [0, 0.05) is 11.6 Å². The number of nitrogens with one attached hydrogen (secondary N) is 1. The molecule has 4 nitrogen and oxygen atoms in total. The Morgan fingerprint density at radius 3 is 2.19 bits per heavy atom. The van der Waals surface area contributed by atoms with E-state index in [0.29, 0.717) is 34.7 Å². The van der Waals surface area contributed by atoms with Gasteiger partial charge in [0.15, 0.2) is 0 Å². The molecule has 0 heterocycles. The second-order valence-corrected chi connectivity index (χ2v) is 5.07. The molecule has 2 rings (SSSR count). The fraction of sp³-hybridized carbons (Fsp3) is 0.133. The number of rotatable bonds is 6. The molecule has 0 aliphatic carbocycles. The van der Waals surface area contributed by atoms with Crippen LogP contribution in [0.4, 0.5) is 4.39 Å². The van der Waals surface area contributed by atoms with Crippen molar-refractivity contribution < 1.29 is 13.9 Å². The van der Waals surface area contributed by atoms with Gasteiger partial charge in [-0.3, -0.25) is 5.41 Å². The van der Waals surface area contributed by atoms with Gasteiger partial charge in [-0.25, -0.2) is 4.39 Å². The fourth-order valence-corrected chi connectivity index (χ4v) is 1.86. The number of ether oxygens (including phenoxy) is 2. The lowest BCUT2D eigenvalue weighted by molar-refractivity contribution is 0.216. The summed E-state index contributed by atoms with van der Waals surface area (Å²) in [5, 5.41) is 7.28. The summed E-state index contributed by atoms with van der Waals surface area (Å²) < 4.78 is 24.5. The Morgan fingerprint density at radius 1 is 1.05 bits per heavy atom. The van der Waals surface area contributed by atoms with E-state index in [0.717, 1.165) is 0 Å². The second-order valence-electron chi connectivity index (χ2n) is 4.21. The molecule has 0 spiro atoms. The van der Waals surface area contributed by atoms with Crippen molar-refractivity contribution in [2.75, 3.05) is 13.2 Å². The van der Waals surface area contributed by atoms with Crippen LogP contribution in [-0.2, 0) is 0 Å². The van der Waals surface area contributed by atoms with Gasteiger partial charge in [-0.1, -0.05) is 0 Å². The van der Waals surface area contributed by atoms with E-state index in [1.165, 1.54) is 6.07 Å². The molecule has 0 aromatic heterocycles. The molecular weight excluding hydrogens is 339 g/mol. The van der Waals surface area contributed by atoms with E-state index in [9.17, 15) is 4.39 Å². The van der Waals surface area contributed by atoms with Gasteiger partial charge >= 0.3 is 0 Å². The van der Waals surface area contributed by atoms with Gasteiger partial charge < -0.3 is 15.2 Å². The Bertz CT molecular complexity index is 632. The van der Waals surface area contributed by atoms with Gasteiger partial charge in [-0.2, -0.15) is 0 Å². The first kappa shape index (κ1) is 15.3. The smallest absolute Gasteiger partial charge is 0.141 e. The first-order chi connectivity index (χ1) is 10.1. The first-order valence-electron chi connectivity index (χ1n) is 6.21. The van der Waals surface area contributed by atoms with Gasteiger partial charge in [0.2, 0.25) is 0 Å². The third kappa shape index (κ3) is 4.46. The highest BCUT2D eigenvalue weighted by molar-refractivity contribution is 9.10. The van der Waals surface area contributed by atoms with E-state index in [1.807, 2.05) is 0 Å². The van der Waals surface area contributed by atoms with Crippen LogP contribution in [-0.4, -0.2) is 19.0 Å². The lowest BCUT2D eigenvalue weighted by atomic mass is 10.2. The van der Waals surface area contributed by atoms with Gasteiger partial charge in [0.1, 0.15) is 36.4 Å². The molecule has 0 bridgehead atoms. The molecule has 110 valence electrons. The quantitative estimate of drug-likeness (QED) is 0.476. The number of halogens is 2. The number of nitrogen functional groups attached to an aromatic ring is 1.